The Kier molecular flexibility index (Phi) is 7.15. The second kappa shape index (κ2) is 9.34. The SMILES string of the molecule is C[C@H](NC(=O)/C(=C\c1ccc(Cl)cc1)NC(=O)c1ccc(Br)cc1)C(=O)O. The van der Waals surface area contributed by atoms with Gasteiger partial charge in [0.05, 0.1) is 0 Å². The molecule has 0 aliphatic rings. The second-order valence-corrected chi connectivity index (χ2v) is 6.96. The van der Waals surface area contributed by atoms with Crippen molar-refractivity contribution >= 4 is 51.4 Å². The molecular formula is C19H16BrClN2O4. The molecule has 0 unspecified atom stereocenters. The summed E-state index contributed by atoms with van der Waals surface area (Å²) in [7, 11) is 0. The average molecular weight is 452 g/mol. The van der Waals surface area contributed by atoms with Gasteiger partial charge in [0.2, 0.25) is 0 Å². The van der Waals surface area contributed by atoms with Gasteiger partial charge >= 0.3 is 5.97 Å². The molecule has 0 saturated carbocycles. The number of carbonyl (C=O) groups excluding carboxylic acids is 2. The highest BCUT2D eigenvalue weighted by Crippen LogP contribution is 2.14. The van der Waals surface area contributed by atoms with Gasteiger partial charge in [-0.15, -0.1) is 0 Å². The molecule has 0 fully saturated rings. The van der Waals surface area contributed by atoms with Crippen LogP contribution in [0.3, 0.4) is 0 Å². The molecule has 0 radical (unpaired) electrons. The molecule has 2 rings (SSSR count). The summed E-state index contributed by atoms with van der Waals surface area (Å²) < 4.78 is 0.809. The van der Waals surface area contributed by atoms with Crippen LogP contribution in [0.25, 0.3) is 6.08 Å². The molecule has 2 aromatic carbocycles. The third kappa shape index (κ3) is 6.23. The van der Waals surface area contributed by atoms with Crippen molar-refractivity contribution in [2.75, 3.05) is 0 Å². The quantitative estimate of drug-likeness (QED) is 0.586. The number of carbonyl (C=O) groups is 3. The molecule has 140 valence electrons. The molecule has 0 saturated heterocycles. The Morgan fingerprint density at radius 3 is 2.22 bits per heavy atom. The molecule has 0 spiro atoms. The largest absolute Gasteiger partial charge is 0.480 e. The first-order valence-electron chi connectivity index (χ1n) is 7.84. The summed E-state index contributed by atoms with van der Waals surface area (Å²) in [4.78, 5) is 35.9. The van der Waals surface area contributed by atoms with Crippen molar-refractivity contribution in [1.29, 1.82) is 0 Å². The molecule has 0 aromatic heterocycles. The van der Waals surface area contributed by atoms with Gasteiger partial charge in [0.15, 0.2) is 0 Å². The lowest BCUT2D eigenvalue weighted by atomic mass is 10.1. The van der Waals surface area contributed by atoms with E-state index in [1.807, 2.05) is 0 Å². The Bertz CT molecular complexity index is 880. The first-order chi connectivity index (χ1) is 12.8. The zero-order chi connectivity index (χ0) is 20.0. The number of hydrogen-bond acceptors (Lipinski definition) is 3. The van der Waals surface area contributed by atoms with Gasteiger partial charge in [-0.25, -0.2) is 0 Å². The van der Waals surface area contributed by atoms with Gasteiger partial charge in [-0.3, -0.25) is 14.4 Å². The highest BCUT2D eigenvalue weighted by atomic mass is 79.9. The van der Waals surface area contributed by atoms with E-state index in [0.29, 0.717) is 16.1 Å². The molecule has 2 aromatic rings. The van der Waals surface area contributed by atoms with Gasteiger partial charge in [0.1, 0.15) is 11.7 Å². The fraction of sp³-hybridized carbons (Fsp3) is 0.105. The van der Waals surface area contributed by atoms with E-state index in [-0.39, 0.29) is 5.70 Å². The minimum absolute atomic E-state index is 0.0849. The lowest BCUT2D eigenvalue weighted by Crippen LogP contribution is -2.42. The van der Waals surface area contributed by atoms with Crippen LogP contribution in [0.1, 0.15) is 22.8 Å². The molecule has 8 heteroatoms. The number of rotatable bonds is 6. The number of aliphatic carboxylic acids is 1. The summed E-state index contributed by atoms with van der Waals surface area (Å²) in [5, 5.41) is 14.4. The van der Waals surface area contributed by atoms with Gasteiger partial charge in [-0.2, -0.15) is 0 Å². The number of hydrogen-bond donors (Lipinski definition) is 3. The third-order valence-electron chi connectivity index (χ3n) is 3.50. The maximum atomic E-state index is 12.5. The van der Waals surface area contributed by atoms with Crippen LogP contribution >= 0.6 is 27.5 Å². The fourth-order valence-corrected chi connectivity index (χ4v) is 2.41. The number of nitrogens with one attached hydrogen (secondary N) is 2. The highest BCUT2D eigenvalue weighted by Gasteiger charge is 2.19. The molecule has 0 heterocycles. The Labute approximate surface area is 169 Å². The normalized spacial score (nSPS) is 12.2. The van der Waals surface area contributed by atoms with Crippen LogP contribution in [0.4, 0.5) is 0 Å². The van der Waals surface area contributed by atoms with Gasteiger partial charge < -0.3 is 15.7 Å². The Morgan fingerprint density at radius 1 is 1.07 bits per heavy atom. The highest BCUT2D eigenvalue weighted by molar-refractivity contribution is 9.10. The van der Waals surface area contributed by atoms with E-state index < -0.39 is 23.8 Å². The summed E-state index contributed by atoms with van der Waals surface area (Å²) in [5.74, 6) is -2.40. The molecule has 2 amide bonds. The minimum Gasteiger partial charge on any atom is -0.480 e. The predicted octanol–water partition coefficient (Wildman–Crippen LogP) is 3.46. The van der Waals surface area contributed by atoms with E-state index in [0.717, 1.165) is 4.47 Å². The van der Waals surface area contributed by atoms with Crippen LogP contribution in [-0.2, 0) is 9.59 Å². The van der Waals surface area contributed by atoms with Gasteiger partial charge in [0, 0.05) is 15.1 Å². The van der Waals surface area contributed by atoms with E-state index in [1.54, 1.807) is 48.5 Å². The van der Waals surface area contributed by atoms with Crippen LogP contribution < -0.4 is 10.6 Å². The Morgan fingerprint density at radius 2 is 1.67 bits per heavy atom. The van der Waals surface area contributed by atoms with Crippen molar-refractivity contribution in [3.8, 4) is 0 Å². The zero-order valence-corrected chi connectivity index (χ0v) is 16.5. The smallest absolute Gasteiger partial charge is 0.325 e. The van der Waals surface area contributed by atoms with E-state index in [2.05, 4.69) is 26.6 Å². The first-order valence-corrected chi connectivity index (χ1v) is 9.01. The Hall–Kier alpha value is -2.64. The summed E-state index contributed by atoms with van der Waals surface area (Å²) in [5.41, 5.74) is 0.876. The maximum Gasteiger partial charge on any atom is 0.325 e. The molecule has 1 atom stereocenters. The van der Waals surface area contributed by atoms with Crippen molar-refractivity contribution in [1.82, 2.24) is 10.6 Å². The maximum absolute atomic E-state index is 12.5. The summed E-state index contributed by atoms with van der Waals surface area (Å²) >= 11 is 9.14. The van der Waals surface area contributed by atoms with Gasteiger partial charge in [-0.1, -0.05) is 39.7 Å². The summed E-state index contributed by atoms with van der Waals surface area (Å²) in [6.07, 6.45) is 1.44. The number of halogens is 2. The second-order valence-electron chi connectivity index (χ2n) is 5.60. The minimum atomic E-state index is -1.19. The lowest BCUT2D eigenvalue weighted by molar-refractivity contribution is -0.140. The summed E-state index contributed by atoms with van der Waals surface area (Å²) in [6, 6.07) is 12.1. The van der Waals surface area contributed by atoms with Crippen LogP contribution in [0, 0.1) is 0 Å². The molecule has 0 aliphatic heterocycles. The van der Waals surface area contributed by atoms with Crippen molar-refractivity contribution in [3.63, 3.8) is 0 Å². The zero-order valence-electron chi connectivity index (χ0n) is 14.2. The molecule has 3 N–H and O–H groups in total. The van der Waals surface area contributed by atoms with Gasteiger partial charge in [-0.05, 0) is 55.0 Å². The molecule has 27 heavy (non-hydrogen) atoms. The molecule has 0 bridgehead atoms. The summed E-state index contributed by atoms with van der Waals surface area (Å²) in [6.45, 7) is 1.33. The molecular weight excluding hydrogens is 436 g/mol. The van der Waals surface area contributed by atoms with E-state index in [9.17, 15) is 14.4 Å². The molecule has 0 aliphatic carbocycles. The fourth-order valence-electron chi connectivity index (χ4n) is 2.02. The van der Waals surface area contributed by atoms with Crippen molar-refractivity contribution in [3.05, 3.63) is 74.9 Å². The van der Waals surface area contributed by atoms with E-state index in [4.69, 9.17) is 16.7 Å². The van der Waals surface area contributed by atoms with Crippen molar-refractivity contribution in [2.45, 2.75) is 13.0 Å². The topological polar surface area (TPSA) is 95.5 Å². The van der Waals surface area contributed by atoms with Crippen molar-refractivity contribution < 1.29 is 19.5 Å². The van der Waals surface area contributed by atoms with E-state index >= 15 is 0 Å². The van der Waals surface area contributed by atoms with E-state index in [1.165, 1.54) is 13.0 Å². The molecule has 6 nitrogen and oxygen atoms in total. The van der Waals surface area contributed by atoms with Crippen LogP contribution in [0.5, 0.6) is 0 Å². The average Bonchev–Trinajstić information content (AvgIpc) is 2.63. The van der Waals surface area contributed by atoms with Crippen LogP contribution in [0.15, 0.2) is 58.7 Å². The number of benzene rings is 2. The lowest BCUT2D eigenvalue weighted by Gasteiger charge is -2.13. The number of amides is 2. The monoisotopic (exact) mass is 450 g/mol. The van der Waals surface area contributed by atoms with Crippen LogP contribution in [0.2, 0.25) is 5.02 Å². The van der Waals surface area contributed by atoms with Crippen LogP contribution in [-0.4, -0.2) is 28.9 Å². The van der Waals surface area contributed by atoms with Gasteiger partial charge in [0.25, 0.3) is 11.8 Å². The predicted molar refractivity (Wildman–Crippen MR) is 106 cm³/mol. The number of carboxylic acid groups (broad SMARTS) is 1. The standard InChI is InChI=1S/C19H16BrClN2O4/c1-11(19(26)27)22-18(25)16(10-12-2-8-15(21)9-3-12)23-17(24)13-4-6-14(20)7-5-13/h2-11H,1H3,(H,22,25)(H,23,24)(H,26,27)/b16-10+/t11-/m0/s1. The first kappa shape index (κ1) is 20.7. The third-order valence-corrected chi connectivity index (χ3v) is 4.28. The Balaban J connectivity index is 2.29. The number of carboxylic acids is 1. The van der Waals surface area contributed by atoms with Crippen molar-refractivity contribution in [2.24, 2.45) is 0 Å².